The molecule has 0 aliphatic rings. The second-order valence-electron chi connectivity index (χ2n) is 8.20. The van der Waals surface area contributed by atoms with Crippen molar-refractivity contribution in [2.45, 2.75) is 39.4 Å². The highest BCUT2D eigenvalue weighted by Gasteiger charge is 2.27. The largest absolute Gasteiger partial charge is 0.591 e. The number of benzene rings is 2. The number of hydrogen-bond acceptors (Lipinski definition) is 5. The van der Waals surface area contributed by atoms with Gasteiger partial charge in [-0.05, 0) is 64.4 Å². The average Bonchev–Trinajstić information content (AvgIpc) is 2.69. The predicted octanol–water partition coefficient (Wildman–Crippen LogP) is 4.05. The van der Waals surface area contributed by atoms with Crippen LogP contribution in [-0.2, 0) is 18.4 Å². The van der Waals surface area contributed by atoms with Crippen molar-refractivity contribution in [2.24, 2.45) is 11.4 Å². The first kappa shape index (κ1) is 21.8. The Morgan fingerprint density at radius 2 is 1.93 bits per heavy atom. The fraction of sp³-hybridized carbons (Fsp3) is 0.304. The molecule has 0 fully saturated rings. The predicted molar refractivity (Wildman–Crippen MR) is 122 cm³/mol. The Bertz CT molecular complexity index is 1260. The topological polar surface area (TPSA) is 94.1 Å². The molecule has 0 spiro atoms. The van der Waals surface area contributed by atoms with Crippen molar-refractivity contribution >= 4 is 28.0 Å². The van der Waals surface area contributed by atoms with Crippen LogP contribution < -0.4 is 5.56 Å². The molecule has 0 amide bonds. The summed E-state index contributed by atoms with van der Waals surface area (Å²) >= 11 is -1.44. The molecule has 154 valence electrons. The number of nitriles is 1. The summed E-state index contributed by atoms with van der Waals surface area (Å²) in [5.41, 5.74) is 3.40. The lowest BCUT2D eigenvalue weighted by Gasteiger charge is -2.19. The standard InChI is InChI=1S/C23H24N4O2S/c1-14-11-18(15(2)26-30(29)23(3,4)5)20-19(12-14)22(28)27(6)21(25-20)17-10-8-7-9-16(17)13-24/h7-12H,1-6H3/b26-15-/t30-/m1/s1. The zero-order chi connectivity index (χ0) is 22.2. The van der Waals surface area contributed by atoms with Gasteiger partial charge in [-0.3, -0.25) is 9.36 Å². The summed E-state index contributed by atoms with van der Waals surface area (Å²) in [4.78, 5) is 17.9. The lowest BCUT2D eigenvalue weighted by Crippen LogP contribution is -2.27. The molecule has 0 aliphatic heterocycles. The van der Waals surface area contributed by atoms with Crippen LogP contribution in [0.15, 0.2) is 45.6 Å². The number of fused-ring (bicyclic) bond motifs is 1. The maximum Gasteiger partial charge on any atom is 0.261 e. The third kappa shape index (κ3) is 4.02. The Morgan fingerprint density at radius 3 is 2.57 bits per heavy atom. The minimum atomic E-state index is -1.44. The van der Waals surface area contributed by atoms with Crippen LogP contribution in [-0.4, -0.2) is 24.6 Å². The number of rotatable bonds is 3. The van der Waals surface area contributed by atoms with Gasteiger partial charge in [0.1, 0.15) is 21.9 Å². The summed E-state index contributed by atoms with van der Waals surface area (Å²) in [7, 11) is 1.65. The van der Waals surface area contributed by atoms with Gasteiger partial charge in [0.25, 0.3) is 5.56 Å². The summed E-state index contributed by atoms with van der Waals surface area (Å²) in [6.45, 7) is 9.26. The van der Waals surface area contributed by atoms with Crippen molar-refractivity contribution in [3.8, 4) is 17.5 Å². The molecule has 0 saturated heterocycles. The van der Waals surface area contributed by atoms with Crippen molar-refractivity contribution in [2.75, 3.05) is 0 Å². The Hall–Kier alpha value is -2.95. The van der Waals surface area contributed by atoms with E-state index < -0.39 is 16.1 Å². The van der Waals surface area contributed by atoms with E-state index in [0.717, 1.165) is 5.56 Å². The molecule has 7 heteroatoms. The van der Waals surface area contributed by atoms with Crippen molar-refractivity contribution in [3.63, 3.8) is 0 Å². The molecule has 1 atom stereocenters. The highest BCUT2D eigenvalue weighted by atomic mass is 32.2. The summed E-state index contributed by atoms with van der Waals surface area (Å²) in [5.74, 6) is 0.402. The molecular weight excluding hydrogens is 396 g/mol. The molecule has 2 aromatic carbocycles. The molecule has 3 rings (SSSR count). The maximum absolute atomic E-state index is 13.2. The Balaban J connectivity index is 2.36. The van der Waals surface area contributed by atoms with Crippen molar-refractivity contribution < 1.29 is 4.55 Å². The van der Waals surface area contributed by atoms with Crippen molar-refractivity contribution in [1.29, 1.82) is 5.26 Å². The molecule has 0 bridgehead atoms. The first-order valence-electron chi connectivity index (χ1n) is 9.53. The second-order valence-corrected chi connectivity index (χ2v) is 10.1. The zero-order valence-electron chi connectivity index (χ0n) is 18.0. The Morgan fingerprint density at radius 1 is 1.27 bits per heavy atom. The molecule has 1 heterocycles. The molecular formula is C23H24N4O2S. The lowest BCUT2D eigenvalue weighted by molar-refractivity contribution is 0.561. The van der Waals surface area contributed by atoms with Crippen LogP contribution in [0.3, 0.4) is 0 Å². The van der Waals surface area contributed by atoms with E-state index in [1.54, 1.807) is 38.2 Å². The molecule has 1 aromatic heterocycles. The van der Waals surface area contributed by atoms with Gasteiger partial charge in [0.2, 0.25) is 0 Å². The number of aromatic nitrogens is 2. The van der Waals surface area contributed by atoms with Gasteiger partial charge < -0.3 is 4.55 Å². The number of hydrogen-bond donors (Lipinski definition) is 0. The second kappa shape index (κ2) is 8.05. The van der Waals surface area contributed by atoms with Crippen molar-refractivity contribution in [1.82, 2.24) is 9.55 Å². The van der Waals surface area contributed by atoms with Gasteiger partial charge in [0.15, 0.2) is 0 Å². The fourth-order valence-electron chi connectivity index (χ4n) is 3.12. The smallest absolute Gasteiger partial charge is 0.261 e. The third-order valence-electron chi connectivity index (χ3n) is 4.75. The fourth-order valence-corrected chi connectivity index (χ4v) is 3.74. The highest BCUT2D eigenvalue weighted by molar-refractivity contribution is 7.91. The molecule has 0 aliphatic carbocycles. The van der Waals surface area contributed by atoms with Gasteiger partial charge in [-0.15, -0.1) is 0 Å². The van der Waals surface area contributed by atoms with Gasteiger partial charge in [0, 0.05) is 18.2 Å². The molecule has 3 aromatic rings. The van der Waals surface area contributed by atoms with E-state index >= 15 is 0 Å². The zero-order valence-corrected chi connectivity index (χ0v) is 18.8. The van der Waals surface area contributed by atoms with Crippen LogP contribution >= 0.6 is 0 Å². The monoisotopic (exact) mass is 420 g/mol. The van der Waals surface area contributed by atoms with Gasteiger partial charge in [-0.2, -0.15) is 5.26 Å². The molecule has 0 N–H and O–H groups in total. The van der Waals surface area contributed by atoms with Gasteiger partial charge in [-0.25, -0.2) is 4.98 Å². The van der Waals surface area contributed by atoms with Crippen LogP contribution in [0.25, 0.3) is 22.3 Å². The van der Waals surface area contributed by atoms with Crippen LogP contribution in [0.5, 0.6) is 0 Å². The Kier molecular flexibility index (Phi) is 5.84. The van der Waals surface area contributed by atoms with E-state index in [1.807, 2.05) is 39.8 Å². The molecule has 30 heavy (non-hydrogen) atoms. The summed E-state index contributed by atoms with van der Waals surface area (Å²) in [6, 6.07) is 12.9. The van der Waals surface area contributed by atoms with E-state index in [9.17, 15) is 14.6 Å². The summed E-state index contributed by atoms with van der Waals surface area (Å²) in [5, 5.41) is 9.95. The van der Waals surface area contributed by atoms with E-state index in [2.05, 4.69) is 10.5 Å². The Labute approximate surface area is 179 Å². The summed E-state index contributed by atoms with van der Waals surface area (Å²) in [6.07, 6.45) is 0. The first-order chi connectivity index (χ1) is 14.0. The number of aryl methyl sites for hydroxylation is 1. The van der Waals surface area contributed by atoms with Crippen LogP contribution in [0.2, 0.25) is 0 Å². The molecule has 0 radical (unpaired) electrons. The van der Waals surface area contributed by atoms with Gasteiger partial charge in [-0.1, -0.05) is 16.5 Å². The lowest BCUT2D eigenvalue weighted by atomic mass is 10.0. The minimum Gasteiger partial charge on any atom is -0.591 e. The van der Waals surface area contributed by atoms with Crippen LogP contribution in [0, 0.1) is 18.3 Å². The normalized spacial score (nSPS) is 13.3. The van der Waals surface area contributed by atoms with Crippen LogP contribution in [0.4, 0.5) is 0 Å². The highest BCUT2D eigenvalue weighted by Crippen LogP contribution is 2.26. The van der Waals surface area contributed by atoms with Gasteiger partial charge >= 0.3 is 0 Å². The maximum atomic E-state index is 13.2. The average molecular weight is 421 g/mol. The van der Waals surface area contributed by atoms with Crippen molar-refractivity contribution in [3.05, 3.63) is 63.4 Å². The van der Waals surface area contributed by atoms with Gasteiger partial charge in [0.05, 0.1) is 28.2 Å². The summed E-state index contributed by atoms with van der Waals surface area (Å²) < 4.78 is 17.9. The SMILES string of the molecule is C/C(=N/[S@+]([O-])C(C)(C)C)c1cc(C)cc2c(=O)n(C)c(-c3ccccc3C#N)nc12. The number of nitrogens with zero attached hydrogens (tertiary/aromatic N) is 4. The minimum absolute atomic E-state index is 0.211. The molecule has 0 unspecified atom stereocenters. The van der Waals surface area contributed by atoms with E-state index in [1.165, 1.54) is 4.57 Å². The van der Waals surface area contributed by atoms with E-state index in [-0.39, 0.29) is 5.56 Å². The van der Waals surface area contributed by atoms with E-state index in [4.69, 9.17) is 4.98 Å². The third-order valence-corrected chi connectivity index (χ3v) is 6.23. The quantitative estimate of drug-likeness (QED) is 0.472. The van der Waals surface area contributed by atoms with Crippen LogP contribution in [0.1, 0.15) is 44.4 Å². The first-order valence-corrected chi connectivity index (χ1v) is 10.6. The molecule has 0 saturated carbocycles. The molecule has 6 nitrogen and oxygen atoms in total. The van der Waals surface area contributed by atoms with E-state index in [0.29, 0.717) is 39.1 Å².